The number of benzene rings is 2. The van der Waals surface area contributed by atoms with E-state index in [4.69, 9.17) is 21.0 Å². The lowest BCUT2D eigenvalue weighted by atomic mass is 9.99. The van der Waals surface area contributed by atoms with Gasteiger partial charge in [0.25, 0.3) is 0 Å². The highest BCUT2D eigenvalue weighted by molar-refractivity contribution is 7.98. The van der Waals surface area contributed by atoms with Crippen LogP contribution in [0.25, 0.3) is 0 Å². The Morgan fingerprint density at radius 3 is 2.67 bits per heavy atom. The van der Waals surface area contributed by atoms with Crippen LogP contribution in [0.1, 0.15) is 56.5 Å². The minimum atomic E-state index is -0.863. The van der Waals surface area contributed by atoms with Crippen LogP contribution < -0.4 is 0 Å². The van der Waals surface area contributed by atoms with Crippen LogP contribution in [0, 0.1) is 0 Å². The van der Waals surface area contributed by atoms with E-state index in [0.717, 1.165) is 23.3 Å². The zero-order valence-corrected chi connectivity index (χ0v) is 17.6. The van der Waals surface area contributed by atoms with Gasteiger partial charge in [0, 0.05) is 16.4 Å². The summed E-state index contributed by atoms with van der Waals surface area (Å²) in [6.07, 6.45) is 5.06. The lowest BCUT2D eigenvalue weighted by Crippen LogP contribution is -2.12. The van der Waals surface area contributed by atoms with Gasteiger partial charge in [0.05, 0.1) is 11.2 Å². The highest BCUT2D eigenvalue weighted by Crippen LogP contribution is 2.43. The molecule has 8 heteroatoms. The van der Waals surface area contributed by atoms with Crippen LogP contribution in [0.3, 0.4) is 0 Å². The zero-order chi connectivity index (χ0) is 21.1. The molecule has 1 heterocycles. The average Bonchev–Trinajstić information content (AvgIpc) is 3.51. The highest BCUT2D eigenvalue weighted by Gasteiger charge is 2.38. The van der Waals surface area contributed by atoms with Crippen molar-refractivity contribution < 1.29 is 18.9 Å². The first kappa shape index (κ1) is 20.4. The van der Waals surface area contributed by atoms with Crippen molar-refractivity contribution in [2.45, 2.75) is 23.7 Å². The minimum Gasteiger partial charge on any atom is -0.359 e. The van der Waals surface area contributed by atoms with E-state index in [1.54, 1.807) is 18.2 Å². The van der Waals surface area contributed by atoms with E-state index in [1.807, 2.05) is 36.6 Å². The average molecular weight is 441 g/mol. The third-order valence-electron chi connectivity index (χ3n) is 4.64. The van der Waals surface area contributed by atoms with E-state index in [9.17, 15) is 9.59 Å². The number of halogens is 1. The molecule has 3 aromatic rings. The topological polar surface area (TPSA) is 81.8 Å². The largest absolute Gasteiger partial charge is 0.388 e. The van der Waals surface area contributed by atoms with E-state index >= 15 is 0 Å². The molecule has 0 aliphatic heterocycles. The molecule has 1 aliphatic rings. The Kier molecular flexibility index (Phi) is 6.01. The number of hydrogen-bond acceptors (Lipinski definition) is 7. The fourth-order valence-electron chi connectivity index (χ4n) is 2.94. The van der Waals surface area contributed by atoms with E-state index in [0.29, 0.717) is 10.8 Å². The predicted molar refractivity (Wildman–Crippen MR) is 115 cm³/mol. The summed E-state index contributed by atoms with van der Waals surface area (Å²) in [4.78, 5) is 31.7. The molecule has 1 aliphatic carbocycles. The molecule has 1 saturated carbocycles. The molecule has 0 unspecified atom stereocenters. The van der Waals surface area contributed by atoms with Gasteiger partial charge in [0.1, 0.15) is 5.56 Å². The van der Waals surface area contributed by atoms with E-state index in [-0.39, 0.29) is 22.7 Å². The maximum atomic E-state index is 13.3. The van der Waals surface area contributed by atoms with Crippen molar-refractivity contribution in [3.8, 4) is 0 Å². The quantitative estimate of drug-likeness (QED) is 0.162. The van der Waals surface area contributed by atoms with Gasteiger partial charge in [0.2, 0.25) is 11.5 Å². The maximum Gasteiger partial charge on any atom is 0.388 e. The summed E-state index contributed by atoms with van der Waals surface area (Å²) in [5.74, 6) is -0.827. The third-order valence-corrected chi connectivity index (χ3v) is 5.68. The molecule has 2 aromatic carbocycles. The van der Waals surface area contributed by atoms with Gasteiger partial charge in [-0.05, 0) is 42.9 Å². The van der Waals surface area contributed by atoms with Crippen molar-refractivity contribution in [1.29, 1.82) is 0 Å². The molecule has 0 amide bonds. The Hall–Kier alpha value is -2.90. The minimum absolute atomic E-state index is 0.0649. The smallest absolute Gasteiger partial charge is 0.359 e. The second-order valence-corrected chi connectivity index (χ2v) is 8.03. The van der Waals surface area contributed by atoms with Crippen LogP contribution in [0.15, 0.2) is 63.1 Å². The van der Waals surface area contributed by atoms with Gasteiger partial charge in [-0.3, -0.25) is 4.79 Å². The summed E-state index contributed by atoms with van der Waals surface area (Å²) in [7, 11) is 0. The fourth-order valence-corrected chi connectivity index (χ4v) is 3.72. The van der Waals surface area contributed by atoms with Gasteiger partial charge in [-0.15, -0.1) is 11.8 Å². The van der Waals surface area contributed by atoms with E-state index < -0.39 is 11.8 Å². The lowest BCUT2D eigenvalue weighted by Gasteiger charge is -2.06. The second kappa shape index (κ2) is 8.85. The zero-order valence-electron chi connectivity index (χ0n) is 16.0. The number of thioether (sulfide) groups is 1. The van der Waals surface area contributed by atoms with Crippen LogP contribution in [0.2, 0.25) is 5.02 Å². The van der Waals surface area contributed by atoms with Gasteiger partial charge >= 0.3 is 5.97 Å². The molecule has 0 spiro atoms. The highest BCUT2D eigenvalue weighted by atomic mass is 35.5. The molecule has 0 atom stereocenters. The molecule has 30 heavy (non-hydrogen) atoms. The van der Waals surface area contributed by atoms with Crippen LogP contribution in [-0.4, -0.2) is 29.4 Å². The Bertz CT molecular complexity index is 1120. The second-order valence-electron chi connectivity index (χ2n) is 6.74. The standard InChI is InChI=1S/C22H17ClN2O4S/c1-30-15-9-10-16(17(23)11-15)20(26)18-19(25-28-21(18)14-7-8-14)22(27)29-24-12-13-5-3-2-4-6-13/h2-6,9-12,14H,7-8H2,1H3. The molecular weight excluding hydrogens is 424 g/mol. The predicted octanol–water partition coefficient (Wildman–Crippen LogP) is 5.35. The molecule has 0 saturated heterocycles. The van der Waals surface area contributed by atoms with Crippen molar-refractivity contribution in [2.75, 3.05) is 6.26 Å². The number of oxime groups is 1. The number of carbonyl (C=O) groups is 2. The third kappa shape index (κ3) is 4.32. The Morgan fingerprint density at radius 2 is 2.00 bits per heavy atom. The van der Waals surface area contributed by atoms with Gasteiger partial charge in [0.15, 0.2) is 5.76 Å². The molecule has 1 aromatic heterocycles. The molecule has 1 fully saturated rings. The van der Waals surface area contributed by atoms with Crippen molar-refractivity contribution in [3.63, 3.8) is 0 Å². The van der Waals surface area contributed by atoms with Gasteiger partial charge < -0.3 is 9.36 Å². The SMILES string of the molecule is CSc1ccc(C(=O)c2c(C(=O)ON=Cc3ccccc3)noc2C2CC2)c(Cl)c1. The Morgan fingerprint density at radius 1 is 1.23 bits per heavy atom. The molecule has 0 N–H and O–H groups in total. The summed E-state index contributed by atoms with van der Waals surface area (Å²) in [6.45, 7) is 0. The van der Waals surface area contributed by atoms with Crippen LogP contribution in [0.5, 0.6) is 0 Å². The maximum absolute atomic E-state index is 13.3. The van der Waals surface area contributed by atoms with Crippen LogP contribution in [-0.2, 0) is 4.84 Å². The molecule has 152 valence electrons. The van der Waals surface area contributed by atoms with Crippen molar-refractivity contribution in [1.82, 2.24) is 5.16 Å². The van der Waals surface area contributed by atoms with E-state index in [2.05, 4.69) is 10.3 Å². The van der Waals surface area contributed by atoms with Crippen molar-refractivity contribution in [2.24, 2.45) is 5.16 Å². The molecule has 0 radical (unpaired) electrons. The van der Waals surface area contributed by atoms with E-state index in [1.165, 1.54) is 18.0 Å². The fraction of sp³-hybridized carbons (Fsp3) is 0.182. The van der Waals surface area contributed by atoms with Gasteiger partial charge in [-0.25, -0.2) is 4.79 Å². The summed E-state index contributed by atoms with van der Waals surface area (Å²) < 4.78 is 5.36. The van der Waals surface area contributed by atoms with Crippen LogP contribution >= 0.6 is 23.4 Å². The number of hydrogen-bond donors (Lipinski definition) is 0. The molecule has 6 nitrogen and oxygen atoms in total. The number of ketones is 1. The van der Waals surface area contributed by atoms with Crippen LogP contribution in [0.4, 0.5) is 0 Å². The number of aromatic nitrogens is 1. The Labute approximate surface area is 182 Å². The van der Waals surface area contributed by atoms with Crippen molar-refractivity contribution in [3.05, 3.63) is 81.7 Å². The van der Waals surface area contributed by atoms with Gasteiger partial charge in [-0.1, -0.05) is 52.2 Å². The monoisotopic (exact) mass is 440 g/mol. The first-order valence-electron chi connectivity index (χ1n) is 9.26. The number of carbonyl (C=O) groups excluding carboxylic acids is 2. The summed E-state index contributed by atoms with van der Waals surface area (Å²) in [6, 6.07) is 14.3. The summed E-state index contributed by atoms with van der Waals surface area (Å²) >= 11 is 7.84. The van der Waals surface area contributed by atoms with Crippen molar-refractivity contribution >= 4 is 41.3 Å². The molecule has 4 rings (SSSR count). The lowest BCUT2D eigenvalue weighted by molar-refractivity contribution is 0.0505. The summed E-state index contributed by atoms with van der Waals surface area (Å²) in [5.41, 5.74) is 0.941. The molecule has 0 bridgehead atoms. The number of nitrogens with zero attached hydrogens (tertiary/aromatic N) is 2. The Balaban J connectivity index is 1.63. The summed E-state index contributed by atoms with van der Waals surface area (Å²) in [5, 5.41) is 7.83. The normalized spacial score (nSPS) is 13.5. The first-order chi connectivity index (χ1) is 14.6. The van der Waals surface area contributed by atoms with Gasteiger partial charge in [-0.2, -0.15) is 0 Å². The molecular formula is C22H17ClN2O4S. The number of rotatable bonds is 7. The first-order valence-corrected chi connectivity index (χ1v) is 10.9.